The highest BCUT2D eigenvalue weighted by Crippen LogP contribution is 2.68. The Hall–Kier alpha value is -3.04. The number of anilines is 1. The summed E-state index contributed by atoms with van der Waals surface area (Å²) in [4.78, 5) is 43.7. The monoisotopic (exact) mass is 579 g/mol. The van der Waals surface area contributed by atoms with Gasteiger partial charge in [-0.1, -0.05) is 50.1 Å². The molecule has 2 aromatic rings. The van der Waals surface area contributed by atoms with Crippen molar-refractivity contribution in [3.63, 3.8) is 0 Å². The van der Waals surface area contributed by atoms with Crippen molar-refractivity contribution in [3.05, 3.63) is 60.2 Å². The van der Waals surface area contributed by atoms with E-state index < -0.39 is 22.6 Å². The zero-order chi connectivity index (χ0) is 29.0. The number of fused-ring (bicyclic) bond motifs is 1. The number of unbranched alkanes of at least 4 members (excludes halogenated alkanes) is 3. The molecule has 220 valence electrons. The molecule has 3 unspecified atom stereocenters. The Morgan fingerprint density at radius 2 is 1.78 bits per heavy atom. The first kappa shape index (κ1) is 29.5. The number of likely N-dealkylation sites (tertiary alicyclic amines) is 1. The first-order valence-corrected chi connectivity index (χ1v) is 15.7. The maximum atomic E-state index is 14.2. The summed E-state index contributed by atoms with van der Waals surface area (Å²) in [5, 5.41) is 15.3. The number of aliphatic hydroxyl groups is 1. The van der Waals surface area contributed by atoms with Gasteiger partial charge in [-0.05, 0) is 61.9 Å². The summed E-state index contributed by atoms with van der Waals surface area (Å²) in [6, 6.07) is 16.4. The second-order valence-corrected chi connectivity index (χ2v) is 12.9. The van der Waals surface area contributed by atoms with Gasteiger partial charge in [-0.3, -0.25) is 14.4 Å². The molecule has 3 aliphatic heterocycles. The fourth-order valence-electron chi connectivity index (χ4n) is 7.02. The van der Waals surface area contributed by atoms with Crippen molar-refractivity contribution in [2.24, 2.45) is 17.8 Å². The Balaban J connectivity index is 1.39. The molecule has 1 spiro atoms. The molecule has 3 saturated heterocycles. The van der Waals surface area contributed by atoms with Crippen LogP contribution >= 0.6 is 11.8 Å². The van der Waals surface area contributed by atoms with Crippen LogP contribution in [0.1, 0.15) is 51.5 Å². The van der Waals surface area contributed by atoms with Crippen molar-refractivity contribution in [3.8, 4) is 5.75 Å². The molecule has 3 N–H and O–H groups in total. The molecule has 2 aromatic carbocycles. The van der Waals surface area contributed by atoms with Gasteiger partial charge in [0.05, 0.1) is 23.2 Å². The van der Waals surface area contributed by atoms with Crippen molar-refractivity contribution in [1.82, 2.24) is 10.2 Å². The van der Waals surface area contributed by atoms with Crippen LogP contribution in [0, 0.1) is 17.8 Å². The molecule has 8 nitrogen and oxygen atoms in total. The minimum atomic E-state index is -0.644. The van der Waals surface area contributed by atoms with E-state index in [2.05, 4.69) is 17.6 Å². The van der Waals surface area contributed by atoms with Crippen LogP contribution in [0.4, 0.5) is 5.69 Å². The van der Waals surface area contributed by atoms with Crippen LogP contribution in [0.15, 0.2) is 54.6 Å². The maximum Gasteiger partial charge on any atom is 0.244 e. The predicted octanol–water partition coefficient (Wildman–Crippen LogP) is 4.23. The van der Waals surface area contributed by atoms with Gasteiger partial charge in [0.15, 0.2) is 0 Å². The summed E-state index contributed by atoms with van der Waals surface area (Å²) < 4.78 is 4.87. The second-order valence-electron chi connectivity index (χ2n) is 11.4. The van der Waals surface area contributed by atoms with E-state index in [4.69, 9.17) is 9.84 Å². The van der Waals surface area contributed by atoms with Crippen LogP contribution in [-0.4, -0.2) is 63.5 Å². The summed E-state index contributed by atoms with van der Waals surface area (Å²) >= 11 is 1.69. The van der Waals surface area contributed by atoms with Crippen molar-refractivity contribution in [2.45, 2.75) is 68.5 Å². The molecule has 3 heterocycles. The normalized spacial score (nSPS) is 28.0. The average molecular weight is 580 g/mol. The highest BCUT2D eigenvalue weighted by molar-refractivity contribution is 8.02. The Labute approximate surface area is 246 Å². The Morgan fingerprint density at radius 3 is 2.49 bits per heavy atom. The molecule has 6 atom stereocenters. The minimum absolute atomic E-state index is 0.0159. The van der Waals surface area contributed by atoms with Crippen LogP contribution < -0.4 is 15.4 Å². The molecular formula is C32H41N3O5S. The second kappa shape index (κ2) is 12.9. The summed E-state index contributed by atoms with van der Waals surface area (Å²) in [7, 11) is 0. The lowest BCUT2D eigenvalue weighted by Gasteiger charge is -2.38. The van der Waals surface area contributed by atoms with Crippen molar-refractivity contribution in [1.29, 1.82) is 0 Å². The first-order valence-electron chi connectivity index (χ1n) is 14.8. The van der Waals surface area contributed by atoms with Gasteiger partial charge in [-0.25, -0.2) is 0 Å². The molecule has 3 fully saturated rings. The molecule has 0 radical (unpaired) electrons. The molecule has 3 amide bonds. The molecule has 3 aliphatic rings. The number of nitrogens with zero attached hydrogens (tertiary/aromatic N) is 1. The van der Waals surface area contributed by atoms with Gasteiger partial charge in [0, 0.05) is 30.6 Å². The maximum absolute atomic E-state index is 14.2. The molecule has 0 aliphatic carbocycles. The quantitative estimate of drug-likeness (QED) is 0.307. The van der Waals surface area contributed by atoms with Crippen LogP contribution in [0.5, 0.6) is 5.75 Å². The SMILES string of the molecule is CCOc1ccc(NC(=O)[C@@H]2[C@H]3C(=O)N(CCCCCCO)C(C(=O)NCc4ccccc4)C34S[C@@H]2CC4C)cc1. The smallest absolute Gasteiger partial charge is 0.244 e. The van der Waals surface area contributed by atoms with Crippen LogP contribution in [-0.2, 0) is 20.9 Å². The fourth-order valence-corrected chi connectivity index (χ4v) is 9.44. The van der Waals surface area contributed by atoms with Crippen molar-refractivity contribution < 1.29 is 24.2 Å². The van der Waals surface area contributed by atoms with E-state index >= 15 is 0 Å². The molecule has 0 aromatic heterocycles. The summed E-state index contributed by atoms with van der Waals surface area (Å²) in [5.41, 5.74) is 1.66. The third kappa shape index (κ3) is 5.71. The van der Waals surface area contributed by atoms with E-state index in [9.17, 15) is 14.4 Å². The standard InChI is InChI=1S/C32H41N3O5S/c1-3-40-24-15-13-23(14-16-24)34-29(37)26-25-19-21(2)32(41-25)27(26)31(39)35(17-9-4-5-10-18-36)28(32)30(38)33-20-22-11-7-6-8-12-22/h6-8,11-16,21,25-28,36H,3-5,9-10,17-20H2,1-2H3,(H,33,38)(H,34,37)/t21?,25-,26+,27+,28?,32?/m1/s1. The lowest BCUT2D eigenvalue weighted by Crippen LogP contribution is -2.56. The number of rotatable bonds is 13. The van der Waals surface area contributed by atoms with E-state index in [0.29, 0.717) is 25.4 Å². The Bertz CT molecular complexity index is 1230. The summed E-state index contributed by atoms with van der Waals surface area (Å²) in [5.74, 6) is -0.584. The molecular weight excluding hydrogens is 538 g/mol. The zero-order valence-electron chi connectivity index (χ0n) is 23.9. The summed E-state index contributed by atoms with van der Waals surface area (Å²) in [6.07, 6.45) is 4.01. The zero-order valence-corrected chi connectivity index (χ0v) is 24.7. The lowest BCUT2D eigenvalue weighted by atomic mass is 9.66. The van der Waals surface area contributed by atoms with Gasteiger partial charge in [-0.2, -0.15) is 0 Å². The number of thioether (sulfide) groups is 1. The molecule has 0 saturated carbocycles. The average Bonchev–Trinajstić information content (AvgIpc) is 3.57. The third-order valence-electron chi connectivity index (χ3n) is 8.85. The highest BCUT2D eigenvalue weighted by Gasteiger charge is 2.75. The van der Waals surface area contributed by atoms with Gasteiger partial charge in [0.1, 0.15) is 11.8 Å². The van der Waals surface area contributed by atoms with Gasteiger partial charge < -0.3 is 25.4 Å². The van der Waals surface area contributed by atoms with Crippen molar-refractivity contribution in [2.75, 3.05) is 25.1 Å². The number of ether oxygens (including phenoxy) is 1. The van der Waals surface area contributed by atoms with E-state index in [-0.39, 0.29) is 35.5 Å². The van der Waals surface area contributed by atoms with Crippen molar-refractivity contribution >= 4 is 35.2 Å². The third-order valence-corrected chi connectivity index (χ3v) is 10.9. The van der Waals surface area contributed by atoms with Gasteiger partial charge >= 0.3 is 0 Å². The number of benzene rings is 2. The van der Waals surface area contributed by atoms with Crippen LogP contribution in [0.3, 0.4) is 0 Å². The fraction of sp³-hybridized carbons (Fsp3) is 0.531. The van der Waals surface area contributed by atoms with E-state index in [1.54, 1.807) is 16.7 Å². The van der Waals surface area contributed by atoms with Gasteiger partial charge in [0.25, 0.3) is 0 Å². The van der Waals surface area contributed by atoms with Crippen LogP contribution in [0.2, 0.25) is 0 Å². The topological polar surface area (TPSA) is 108 Å². The first-order chi connectivity index (χ1) is 19.9. The largest absolute Gasteiger partial charge is 0.494 e. The Kier molecular flexibility index (Phi) is 9.24. The summed E-state index contributed by atoms with van der Waals surface area (Å²) in [6.45, 7) is 5.63. The molecule has 41 heavy (non-hydrogen) atoms. The number of nitrogens with one attached hydrogen (secondary N) is 2. The van der Waals surface area contributed by atoms with Gasteiger partial charge in [0.2, 0.25) is 17.7 Å². The molecule has 5 rings (SSSR count). The number of hydrogen-bond donors (Lipinski definition) is 3. The highest BCUT2D eigenvalue weighted by atomic mass is 32.2. The number of hydrogen-bond acceptors (Lipinski definition) is 6. The molecule has 2 bridgehead atoms. The van der Waals surface area contributed by atoms with Crippen LogP contribution in [0.25, 0.3) is 0 Å². The number of carbonyl (C=O) groups excluding carboxylic acids is 3. The van der Waals surface area contributed by atoms with E-state index in [1.165, 1.54) is 0 Å². The number of amides is 3. The van der Waals surface area contributed by atoms with Gasteiger partial charge in [-0.15, -0.1) is 11.8 Å². The molecule has 9 heteroatoms. The predicted molar refractivity (Wildman–Crippen MR) is 160 cm³/mol. The number of carbonyl (C=O) groups is 3. The lowest BCUT2D eigenvalue weighted by molar-refractivity contribution is -0.139. The number of aliphatic hydroxyl groups excluding tert-OH is 1. The Morgan fingerprint density at radius 1 is 1.05 bits per heavy atom. The minimum Gasteiger partial charge on any atom is -0.494 e. The van der Waals surface area contributed by atoms with E-state index in [1.807, 2.05) is 61.5 Å². The van der Waals surface area contributed by atoms with E-state index in [0.717, 1.165) is 43.4 Å².